The number of aromatic nitrogens is 2. The van der Waals surface area contributed by atoms with Crippen molar-refractivity contribution in [2.75, 3.05) is 6.54 Å². The van der Waals surface area contributed by atoms with Crippen LogP contribution in [0.1, 0.15) is 25.1 Å². The molecule has 0 spiro atoms. The number of fused-ring (bicyclic) bond motifs is 1. The Balaban J connectivity index is 1.73. The Hall–Kier alpha value is -1.92. The predicted molar refractivity (Wildman–Crippen MR) is 104 cm³/mol. The molecule has 4 rings (SSSR count). The zero-order chi connectivity index (χ0) is 17.2. The monoisotopic (exact) mass is 369 g/mol. The van der Waals surface area contributed by atoms with Crippen molar-refractivity contribution >= 4 is 39.2 Å². The zero-order valence-electron chi connectivity index (χ0n) is 14.0. The van der Waals surface area contributed by atoms with Crippen LogP contribution in [0.3, 0.4) is 0 Å². The second-order valence-corrected chi connectivity index (χ2v) is 8.39. The van der Waals surface area contributed by atoms with E-state index in [0.717, 1.165) is 46.9 Å². The van der Waals surface area contributed by atoms with E-state index in [1.54, 1.807) is 23.1 Å². The number of rotatable bonds is 3. The lowest BCUT2D eigenvalue weighted by atomic mass is 10.2. The zero-order valence-corrected chi connectivity index (χ0v) is 15.6. The van der Waals surface area contributed by atoms with Gasteiger partial charge in [0.05, 0.1) is 5.25 Å². The second-order valence-electron chi connectivity index (χ2n) is 6.16. The fraction of sp³-hybridized carbons (Fsp3) is 0.316. The van der Waals surface area contributed by atoms with Gasteiger partial charge in [0.15, 0.2) is 0 Å². The summed E-state index contributed by atoms with van der Waals surface area (Å²) in [6.45, 7) is 2.70. The summed E-state index contributed by atoms with van der Waals surface area (Å²) in [7, 11) is 0. The largest absolute Gasteiger partial charge is 0.355 e. The lowest BCUT2D eigenvalue weighted by Crippen LogP contribution is -2.30. The van der Waals surface area contributed by atoms with E-state index in [-0.39, 0.29) is 11.2 Å². The van der Waals surface area contributed by atoms with Crippen molar-refractivity contribution in [1.82, 2.24) is 15.3 Å². The summed E-state index contributed by atoms with van der Waals surface area (Å²) in [4.78, 5) is 23.7. The SMILES string of the molecule is Cc1nc(S[C@H]2CCCCNC2=O)c2cc(-c3ccccc3)sc2n1. The minimum atomic E-state index is -0.0694. The number of hydrogen-bond acceptors (Lipinski definition) is 5. The van der Waals surface area contributed by atoms with E-state index in [4.69, 9.17) is 0 Å². The lowest BCUT2D eigenvalue weighted by molar-refractivity contribution is -0.120. The van der Waals surface area contributed by atoms with E-state index in [9.17, 15) is 4.79 Å². The molecule has 1 aliphatic heterocycles. The van der Waals surface area contributed by atoms with Crippen LogP contribution in [0.5, 0.6) is 0 Å². The fourth-order valence-electron chi connectivity index (χ4n) is 2.99. The average molecular weight is 370 g/mol. The third-order valence-corrected chi connectivity index (χ3v) is 6.61. The van der Waals surface area contributed by atoms with Gasteiger partial charge in [0, 0.05) is 16.8 Å². The lowest BCUT2D eigenvalue weighted by Gasteiger charge is -2.12. The van der Waals surface area contributed by atoms with Crippen LogP contribution < -0.4 is 5.32 Å². The van der Waals surface area contributed by atoms with E-state index in [0.29, 0.717) is 0 Å². The van der Waals surface area contributed by atoms with Crippen LogP contribution in [-0.4, -0.2) is 27.7 Å². The normalized spacial score (nSPS) is 18.1. The molecule has 25 heavy (non-hydrogen) atoms. The molecule has 1 saturated heterocycles. The summed E-state index contributed by atoms with van der Waals surface area (Å²) in [5.74, 6) is 0.885. The molecule has 128 valence electrons. The third kappa shape index (κ3) is 3.55. The molecule has 3 aromatic rings. The Kier molecular flexibility index (Phi) is 4.72. The Labute approximate surface area is 155 Å². The van der Waals surface area contributed by atoms with Crippen molar-refractivity contribution in [2.45, 2.75) is 36.5 Å². The molecule has 0 aliphatic carbocycles. The summed E-state index contributed by atoms with van der Waals surface area (Å²) in [5, 5.41) is 4.91. The average Bonchev–Trinajstić information content (AvgIpc) is 2.94. The first kappa shape index (κ1) is 16.5. The Morgan fingerprint density at radius 3 is 2.88 bits per heavy atom. The third-order valence-electron chi connectivity index (χ3n) is 4.27. The van der Waals surface area contributed by atoms with Crippen LogP contribution in [0, 0.1) is 6.92 Å². The first-order valence-electron chi connectivity index (χ1n) is 8.49. The number of benzene rings is 1. The van der Waals surface area contributed by atoms with E-state index < -0.39 is 0 Å². The highest BCUT2D eigenvalue weighted by atomic mass is 32.2. The number of nitrogens with zero attached hydrogens (tertiary/aromatic N) is 2. The van der Waals surface area contributed by atoms with E-state index >= 15 is 0 Å². The van der Waals surface area contributed by atoms with Crippen molar-refractivity contribution < 1.29 is 4.79 Å². The van der Waals surface area contributed by atoms with Gasteiger partial charge >= 0.3 is 0 Å². The molecule has 0 radical (unpaired) electrons. The molecule has 6 heteroatoms. The van der Waals surface area contributed by atoms with Crippen LogP contribution >= 0.6 is 23.1 Å². The maximum Gasteiger partial charge on any atom is 0.233 e. The van der Waals surface area contributed by atoms with Gasteiger partial charge in [0.1, 0.15) is 15.7 Å². The number of amides is 1. The van der Waals surface area contributed by atoms with Crippen LogP contribution in [-0.2, 0) is 4.79 Å². The molecule has 1 atom stereocenters. The standard InChI is InChI=1S/C19H19N3OS2/c1-12-21-18(24-15-9-5-6-10-20-17(15)23)14-11-16(25-19(14)22-12)13-7-3-2-4-8-13/h2-4,7-8,11,15H,5-6,9-10H2,1H3,(H,20,23)/t15-/m0/s1. The van der Waals surface area contributed by atoms with Crippen molar-refractivity contribution in [2.24, 2.45) is 0 Å². The van der Waals surface area contributed by atoms with Crippen LogP contribution in [0.15, 0.2) is 41.4 Å². The highest BCUT2D eigenvalue weighted by molar-refractivity contribution is 8.00. The van der Waals surface area contributed by atoms with Gasteiger partial charge < -0.3 is 5.32 Å². The summed E-state index contributed by atoms with van der Waals surface area (Å²) in [5.41, 5.74) is 1.19. The van der Waals surface area contributed by atoms with Crippen molar-refractivity contribution in [3.05, 3.63) is 42.2 Å². The number of thiophene rings is 1. The van der Waals surface area contributed by atoms with Crippen molar-refractivity contribution in [3.63, 3.8) is 0 Å². The van der Waals surface area contributed by atoms with E-state index in [2.05, 4.69) is 33.5 Å². The molecule has 1 aliphatic rings. The number of thioether (sulfide) groups is 1. The molecular weight excluding hydrogens is 350 g/mol. The van der Waals surface area contributed by atoms with Gasteiger partial charge in [0.2, 0.25) is 5.91 Å². The number of aryl methyl sites for hydroxylation is 1. The summed E-state index contributed by atoms with van der Waals surface area (Å²) in [6.07, 6.45) is 3.02. The Bertz CT molecular complexity index is 908. The second kappa shape index (κ2) is 7.14. The summed E-state index contributed by atoms with van der Waals surface area (Å²) >= 11 is 3.26. The van der Waals surface area contributed by atoms with E-state index in [1.807, 2.05) is 25.1 Å². The van der Waals surface area contributed by atoms with Crippen molar-refractivity contribution in [3.8, 4) is 10.4 Å². The first-order valence-corrected chi connectivity index (χ1v) is 10.2. The highest BCUT2D eigenvalue weighted by Gasteiger charge is 2.24. The first-order chi connectivity index (χ1) is 12.2. The number of carbonyl (C=O) groups is 1. The van der Waals surface area contributed by atoms with E-state index in [1.165, 1.54) is 10.4 Å². The van der Waals surface area contributed by atoms with Crippen LogP contribution in [0.4, 0.5) is 0 Å². The molecular formula is C19H19N3OS2. The van der Waals surface area contributed by atoms with Gasteiger partial charge in [-0.1, -0.05) is 48.5 Å². The quantitative estimate of drug-likeness (QED) is 0.694. The Morgan fingerprint density at radius 2 is 2.04 bits per heavy atom. The number of nitrogens with one attached hydrogen (secondary N) is 1. The van der Waals surface area contributed by atoms with Crippen LogP contribution in [0.25, 0.3) is 20.7 Å². The molecule has 0 bridgehead atoms. The Morgan fingerprint density at radius 1 is 1.20 bits per heavy atom. The molecule has 3 heterocycles. The maximum absolute atomic E-state index is 12.3. The van der Waals surface area contributed by atoms with Gasteiger partial charge in [-0.3, -0.25) is 4.79 Å². The molecule has 1 amide bonds. The van der Waals surface area contributed by atoms with Crippen molar-refractivity contribution in [1.29, 1.82) is 0 Å². The molecule has 4 nitrogen and oxygen atoms in total. The smallest absolute Gasteiger partial charge is 0.233 e. The molecule has 0 unspecified atom stereocenters. The minimum Gasteiger partial charge on any atom is -0.355 e. The van der Waals surface area contributed by atoms with Gasteiger partial charge in [-0.15, -0.1) is 11.3 Å². The summed E-state index contributed by atoms with van der Waals surface area (Å²) < 4.78 is 0. The fourth-order valence-corrected chi connectivity index (χ4v) is 5.35. The minimum absolute atomic E-state index is 0.0694. The molecule has 1 N–H and O–H groups in total. The van der Waals surface area contributed by atoms with Gasteiger partial charge in [0.25, 0.3) is 0 Å². The number of hydrogen-bond donors (Lipinski definition) is 1. The predicted octanol–water partition coefficient (Wildman–Crippen LogP) is 4.43. The van der Waals surface area contributed by atoms with Gasteiger partial charge in [-0.25, -0.2) is 9.97 Å². The summed E-state index contributed by atoms with van der Waals surface area (Å²) in [6, 6.07) is 12.5. The topological polar surface area (TPSA) is 54.9 Å². The number of carbonyl (C=O) groups excluding carboxylic acids is 1. The van der Waals surface area contributed by atoms with Gasteiger partial charge in [-0.05, 0) is 31.4 Å². The van der Waals surface area contributed by atoms with Crippen LogP contribution in [0.2, 0.25) is 0 Å². The molecule has 1 aromatic carbocycles. The highest BCUT2D eigenvalue weighted by Crippen LogP contribution is 2.38. The molecule has 0 saturated carbocycles. The molecule has 1 fully saturated rings. The molecule has 2 aromatic heterocycles. The maximum atomic E-state index is 12.3. The van der Waals surface area contributed by atoms with Gasteiger partial charge in [-0.2, -0.15) is 0 Å².